The molecule has 0 bridgehead atoms. The molecule has 164 valence electrons. The van der Waals surface area contributed by atoms with E-state index in [1.807, 2.05) is 75.4 Å². The van der Waals surface area contributed by atoms with Crippen molar-refractivity contribution in [1.29, 1.82) is 0 Å². The van der Waals surface area contributed by atoms with Crippen molar-refractivity contribution in [3.05, 3.63) is 76.2 Å². The van der Waals surface area contributed by atoms with Crippen LogP contribution in [-0.4, -0.2) is 29.3 Å². The molecule has 0 saturated carbocycles. The molecule has 6 heteroatoms. The Kier molecular flexibility index (Phi) is 6.51. The first-order valence-corrected chi connectivity index (χ1v) is 11.4. The summed E-state index contributed by atoms with van der Waals surface area (Å²) in [6.07, 6.45) is 1.77. The van der Waals surface area contributed by atoms with Gasteiger partial charge in [0.2, 0.25) is 0 Å². The topological polar surface area (TPSA) is 55.8 Å². The van der Waals surface area contributed by atoms with Gasteiger partial charge in [0.25, 0.3) is 11.1 Å². The Balaban J connectivity index is 1.74. The van der Waals surface area contributed by atoms with E-state index >= 15 is 0 Å². The number of thioether (sulfide) groups is 1. The van der Waals surface area contributed by atoms with Crippen molar-refractivity contribution in [2.24, 2.45) is 0 Å². The SMILES string of the molecule is CCOc1ccc2ccc(OCC)c(/C=C3\SC(=O)N(Cc4cccc(C)c4)C3=O)c2c1. The van der Waals surface area contributed by atoms with E-state index < -0.39 is 0 Å². The summed E-state index contributed by atoms with van der Waals surface area (Å²) in [4.78, 5) is 27.5. The smallest absolute Gasteiger partial charge is 0.293 e. The van der Waals surface area contributed by atoms with E-state index in [0.29, 0.717) is 23.9 Å². The zero-order valence-corrected chi connectivity index (χ0v) is 19.2. The Morgan fingerprint density at radius 3 is 2.50 bits per heavy atom. The second kappa shape index (κ2) is 9.49. The monoisotopic (exact) mass is 447 g/mol. The maximum absolute atomic E-state index is 13.1. The lowest BCUT2D eigenvalue weighted by molar-refractivity contribution is -0.123. The van der Waals surface area contributed by atoms with E-state index in [1.54, 1.807) is 6.08 Å². The van der Waals surface area contributed by atoms with Crippen molar-refractivity contribution in [3.63, 3.8) is 0 Å². The summed E-state index contributed by atoms with van der Waals surface area (Å²) in [5.74, 6) is 1.12. The number of hydrogen-bond donors (Lipinski definition) is 0. The van der Waals surface area contributed by atoms with E-state index in [1.165, 1.54) is 4.90 Å². The maximum atomic E-state index is 13.1. The quantitative estimate of drug-likeness (QED) is 0.405. The normalized spacial score (nSPS) is 15.1. The number of fused-ring (bicyclic) bond motifs is 1. The van der Waals surface area contributed by atoms with Crippen molar-refractivity contribution in [2.75, 3.05) is 13.2 Å². The lowest BCUT2D eigenvalue weighted by atomic mass is 10.0. The van der Waals surface area contributed by atoms with Gasteiger partial charge in [0.05, 0.1) is 24.7 Å². The molecule has 0 aromatic heterocycles. The van der Waals surface area contributed by atoms with Crippen molar-refractivity contribution in [2.45, 2.75) is 27.3 Å². The largest absolute Gasteiger partial charge is 0.494 e. The number of nitrogens with zero attached hydrogens (tertiary/aromatic N) is 1. The average Bonchev–Trinajstić information content (AvgIpc) is 3.03. The molecule has 3 aromatic carbocycles. The van der Waals surface area contributed by atoms with Crippen LogP contribution in [0.5, 0.6) is 11.5 Å². The lowest BCUT2D eigenvalue weighted by Gasteiger charge is -2.14. The molecule has 5 nitrogen and oxygen atoms in total. The van der Waals surface area contributed by atoms with Gasteiger partial charge in [-0.05, 0) is 73.1 Å². The standard InChI is InChI=1S/C26H25NO4S/c1-4-30-20-11-9-19-10-12-23(31-5-2)22(21(19)14-20)15-24-25(28)27(26(29)32-24)16-18-8-6-7-17(3)13-18/h6-15H,4-5,16H2,1-3H3/b24-15-. The zero-order chi connectivity index (χ0) is 22.7. The fraction of sp³-hybridized carbons (Fsp3) is 0.231. The summed E-state index contributed by atoms with van der Waals surface area (Å²) in [7, 11) is 0. The van der Waals surface area contributed by atoms with Gasteiger partial charge >= 0.3 is 0 Å². The number of rotatable bonds is 7. The van der Waals surface area contributed by atoms with Gasteiger partial charge in [-0.25, -0.2) is 0 Å². The van der Waals surface area contributed by atoms with Gasteiger partial charge in [0.15, 0.2) is 0 Å². The van der Waals surface area contributed by atoms with Crippen molar-refractivity contribution in [3.8, 4) is 11.5 Å². The van der Waals surface area contributed by atoms with E-state index in [0.717, 1.165) is 45.0 Å². The predicted octanol–water partition coefficient (Wildman–Crippen LogP) is 6.18. The van der Waals surface area contributed by atoms with Gasteiger partial charge in [-0.1, -0.05) is 42.0 Å². The third-order valence-corrected chi connectivity index (χ3v) is 6.09. The van der Waals surface area contributed by atoms with Crippen molar-refractivity contribution < 1.29 is 19.1 Å². The molecule has 1 aliphatic rings. The minimum atomic E-state index is -0.290. The lowest BCUT2D eigenvalue weighted by Crippen LogP contribution is -2.27. The first-order valence-electron chi connectivity index (χ1n) is 10.6. The zero-order valence-electron chi connectivity index (χ0n) is 18.4. The molecule has 1 aliphatic heterocycles. The Hall–Kier alpha value is -3.25. The average molecular weight is 448 g/mol. The van der Waals surface area contributed by atoms with Crippen molar-refractivity contribution in [1.82, 2.24) is 4.90 Å². The molecular weight excluding hydrogens is 422 g/mol. The number of benzene rings is 3. The molecule has 0 radical (unpaired) electrons. The van der Waals surface area contributed by atoms with Crippen LogP contribution in [0.3, 0.4) is 0 Å². The van der Waals surface area contributed by atoms with Crippen LogP contribution < -0.4 is 9.47 Å². The minimum absolute atomic E-state index is 0.256. The molecule has 4 rings (SSSR count). The van der Waals surface area contributed by atoms with Crippen LogP contribution in [0, 0.1) is 6.92 Å². The number of carbonyl (C=O) groups is 2. The fourth-order valence-corrected chi connectivity index (χ4v) is 4.57. The third-order valence-electron chi connectivity index (χ3n) is 5.18. The van der Waals surface area contributed by atoms with Crippen LogP contribution in [0.4, 0.5) is 4.79 Å². The highest BCUT2D eigenvalue weighted by Crippen LogP contribution is 2.38. The van der Waals surface area contributed by atoms with Gasteiger partial charge in [0.1, 0.15) is 11.5 Å². The second-order valence-electron chi connectivity index (χ2n) is 7.48. The summed E-state index contributed by atoms with van der Waals surface area (Å²) < 4.78 is 11.5. The Bertz CT molecular complexity index is 1210. The molecule has 32 heavy (non-hydrogen) atoms. The Labute approximate surface area is 192 Å². The van der Waals surface area contributed by atoms with Gasteiger partial charge in [0, 0.05) is 5.56 Å². The van der Waals surface area contributed by atoms with E-state index in [4.69, 9.17) is 9.47 Å². The fourth-order valence-electron chi connectivity index (χ4n) is 3.75. The number of hydrogen-bond acceptors (Lipinski definition) is 5. The number of ether oxygens (including phenoxy) is 2. The molecule has 2 amide bonds. The van der Waals surface area contributed by atoms with Crippen LogP contribution in [0.1, 0.15) is 30.5 Å². The molecule has 1 saturated heterocycles. The van der Waals surface area contributed by atoms with E-state index in [-0.39, 0.29) is 17.7 Å². The van der Waals surface area contributed by atoms with Crippen LogP contribution in [-0.2, 0) is 11.3 Å². The summed E-state index contributed by atoms with van der Waals surface area (Å²) in [6, 6.07) is 17.6. The third kappa shape index (κ3) is 4.50. The van der Waals surface area contributed by atoms with Gasteiger partial charge in [-0.15, -0.1) is 0 Å². The van der Waals surface area contributed by atoms with E-state index in [9.17, 15) is 9.59 Å². The second-order valence-corrected chi connectivity index (χ2v) is 8.48. The first kappa shape index (κ1) is 22.0. The van der Waals surface area contributed by atoms with Crippen LogP contribution in [0.2, 0.25) is 0 Å². The van der Waals surface area contributed by atoms with Crippen LogP contribution >= 0.6 is 11.8 Å². The Morgan fingerprint density at radius 2 is 1.75 bits per heavy atom. The van der Waals surface area contributed by atoms with E-state index in [2.05, 4.69) is 0 Å². The van der Waals surface area contributed by atoms with Gasteiger partial charge in [-0.3, -0.25) is 14.5 Å². The number of carbonyl (C=O) groups excluding carboxylic acids is 2. The number of aryl methyl sites for hydroxylation is 1. The van der Waals surface area contributed by atoms with Crippen LogP contribution in [0.25, 0.3) is 16.8 Å². The summed E-state index contributed by atoms with van der Waals surface area (Å²) in [6.45, 7) is 7.15. The molecule has 1 heterocycles. The highest BCUT2D eigenvalue weighted by Gasteiger charge is 2.35. The molecule has 0 N–H and O–H groups in total. The summed E-state index contributed by atoms with van der Waals surface area (Å²) in [5, 5.41) is 1.64. The molecule has 0 atom stereocenters. The van der Waals surface area contributed by atoms with Gasteiger partial charge in [-0.2, -0.15) is 0 Å². The summed E-state index contributed by atoms with van der Waals surface area (Å²) in [5.41, 5.74) is 2.79. The highest BCUT2D eigenvalue weighted by atomic mass is 32.2. The predicted molar refractivity (Wildman–Crippen MR) is 129 cm³/mol. The molecule has 0 aliphatic carbocycles. The molecule has 1 fully saturated rings. The number of amides is 2. The molecular formula is C26H25NO4S. The molecule has 3 aromatic rings. The number of imide groups is 1. The Morgan fingerprint density at radius 1 is 0.969 bits per heavy atom. The summed E-state index contributed by atoms with van der Waals surface area (Å²) >= 11 is 0.962. The van der Waals surface area contributed by atoms with Crippen molar-refractivity contribution >= 4 is 39.8 Å². The van der Waals surface area contributed by atoms with Gasteiger partial charge < -0.3 is 9.47 Å². The highest BCUT2D eigenvalue weighted by molar-refractivity contribution is 8.18. The molecule has 0 unspecified atom stereocenters. The maximum Gasteiger partial charge on any atom is 0.293 e. The van der Waals surface area contributed by atoms with Crippen LogP contribution in [0.15, 0.2) is 59.5 Å². The molecule has 0 spiro atoms. The first-order chi connectivity index (χ1) is 15.5. The minimum Gasteiger partial charge on any atom is -0.494 e.